The second kappa shape index (κ2) is 8.58. The maximum atomic E-state index is 13.1. The van der Waals surface area contributed by atoms with E-state index in [1.807, 2.05) is 0 Å². The summed E-state index contributed by atoms with van der Waals surface area (Å²) in [7, 11) is 0. The third-order valence-electron chi connectivity index (χ3n) is 3.58. The molecule has 6 nitrogen and oxygen atoms in total. The third-order valence-corrected chi connectivity index (χ3v) is 3.58. The fourth-order valence-electron chi connectivity index (χ4n) is 2.22. The predicted octanol–water partition coefficient (Wildman–Crippen LogP) is 1.10. The predicted molar refractivity (Wildman–Crippen MR) is 81.5 cm³/mol. The summed E-state index contributed by atoms with van der Waals surface area (Å²) >= 11 is 0. The normalized spacial score (nSPS) is 15.7. The van der Waals surface area contributed by atoms with Gasteiger partial charge in [-0.15, -0.1) is 0 Å². The Morgan fingerprint density at radius 2 is 2.00 bits per heavy atom. The SMILES string of the molecule is CC(Oc1ccc(F)c(F)c1)C(=O)NCCC(=O)N1CCOCC1. The van der Waals surface area contributed by atoms with Crippen LogP contribution in [0.4, 0.5) is 8.78 Å². The van der Waals surface area contributed by atoms with E-state index in [9.17, 15) is 18.4 Å². The van der Waals surface area contributed by atoms with Gasteiger partial charge in [0.15, 0.2) is 17.7 Å². The van der Waals surface area contributed by atoms with E-state index >= 15 is 0 Å². The van der Waals surface area contributed by atoms with E-state index in [0.29, 0.717) is 26.3 Å². The van der Waals surface area contributed by atoms with Gasteiger partial charge in [-0.1, -0.05) is 0 Å². The summed E-state index contributed by atoms with van der Waals surface area (Å²) in [6.45, 7) is 3.83. The van der Waals surface area contributed by atoms with Gasteiger partial charge in [-0.05, 0) is 19.1 Å². The second-order valence-electron chi connectivity index (χ2n) is 5.37. The number of rotatable bonds is 6. The molecule has 8 heteroatoms. The number of carbonyl (C=O) groups excluding carboxylic acids is 2. The van der Waals surface area contributed by atoms with Crippen LogP contribution >= 0.6 is 0 Å². The molecule has 1 fully saturated rings. The summed E-state index contributed by atoms with van der Waals surface area (Å²) in [5, 5.41) is 2.59. The molecule has 132 valence electrons. The monoisotopic (exact) mass is 342 g/mol. The highest BCUT2D eigenvalue weighted by molar-refractivity contribution is 5.82. The number of ether oxygens (including phenoxy) is 2. The molecule has 1 aliphatic heterocycles. The Labute approximate surface area is 138 Å². The Bertz CT molecular complexity index is 591. The van der Waals surface area contributed by atoms with Crippen molar-refractivity contribution in [3.8, 4) is 5.75 Å². The van der Waals surface area contributed by atoms with Crippen LogP contribution in [0.15, 0.2) is 18.2 Å². The summed E-state index contributed by atoms with van der Waals surface area (Å²) in [5.41, 5.74) is 0. The molecule has 1 atom stereocenters. The molecule has 1 aromatic rings. The molecule has 1 saturated heterocycles. The van der Waals surface area contributed by atoms with Crippen LogP contribution in [0.1, 0.15) is 13.3 Å². The third kappa shape index (κ3) is 5.16. The maximum absolute atomic E-state index is 13.1. The summed E-state index contributed by atoms with van der Waals surface area (Å²) in [6, 6.07) is 3.04. The fraction of sp³-hybridized carbons (Fsp3) is 0.500. The Kier molecular flexibility index (Phi) is 6.48. The van der Waals surface area contributed by atoms with Crippen LogP contribution in [-0.2, 0) is 14.3 Å². The maximum Gasteiger partial charge on any atom is 0.260 e. The Morgan fingerprint density at radius 3 is 2.67 bits per heavy atom. The summed E-state index contributed by atoms with van der Waals surface area (Å²) in [5.74, 6) is -2.46. The first-order valence-corrected chi connectivity index (χ1v) is 7.72. The van der Waals surface area contributed by atoms with Gasteiger partial charge >= 0.3 is 0 Å². The lowest BCUT2D eigenvalue weighted by Crippen LogP contribution is -2.43. The van der Waals surface area contributed by atoms with Crippen molar-refractivity contribution in [3.05, 3.63) is 29.8 Å². The van der Waals surface area contributed by atoms with Crippen molar-refractivity contribution in [2.75, 3.05) is 32.8 Å². The molecule has 1 heterocycles. The van der Waals surface area contributed by atoms with Crippen molar-refractivity contribution in [1.82, 2.24) is 10.2 Å². The zero-order chi connectivity index (χ0) is 17.5. The van der Waals surface area contributed by atoms with Gasteiger partial charge in [0.25, 0.3) is 5.91 Å². The molecule has 24 heavy (non-hydrogen) atoms. The lowest BCUT2D eigenvalue weighted by atomic mass is 10.3. The van der Waals surface area contributed by atoms with Crippen LogP contribution < -0.4 is 10.1 Å². The lowest BCUT2D eigenvalue weighted by molar-refractivity contribution is -0.135. The van der Waals surface area contributed by atoms with Crippen molar-refractivity contribution >= 4 is 11.8 Å². The van der Waals surface area contributed by atoms with Crippen molar-refractivity contribution < 1.29 is 27.8 Å². The molecule has 1 aliphatic rings. The van der Waals surface area contributed by atoms with Gasteiger partial charge in [0.2, 0.25) is 5.91 Å². The molecule has 0 spiro atoms. The Balaban J connectivity index is 1.73. The number of halogens is 2. The highest BCUT2D eigenvalue weighted by Gasteiger charge is 2.18. The summed E-state index contributed by atoms with van der Waals surface area (Å²) < 4.78 is 36.4. The molecule has 0 aliphatic carbocycles. The molecule has 1 unspecified atom stereocenters. The van der Waals surface area contributed by atoms with Gasteiger partial charge in [0, 0.05) is 32.1 Å². The van der Waals surface area contributed by atoms with Crippen LogP contribution in [0.2, 0.25) is 0 Å². The standard InChI is InChI=1S/C16H20F2N2O4/c1-11(24-12-2-3-13(17)14(18)10-12)16(22)19-5-4-15(21)20-6-8-23-9-7-20/h2-3,10-11H,4-9H2,1H3,(H,19,22). The Hall–Kier alpha value is -2.22. The fourth-order valence-corrected chi connectivity index (χ4v) is 2.22. The molecule has 0 radical (unpaired) electrons. The quantitative estimate of drug-likeness (QED) is 0.841. The number of benzene rings is 1. The first kappa shape index (κ1) is 18.1. The smallest absolute Gasteiger partial charge is 0.260 e. The van der Waals surface area contributed by atoms with E-state index in [1.165, 1.54) is 13.0 Å². The number of nitrogens with zero attached hydrogens (tertiary/aromatic N) is 1. The van der Waals surface area contributed by atoms with Crippen molar-refractivity contribution in [2.45, 2.75) is 19.4 Å². The molecular weight excluding hydrogens is 322 g/mol. The zero-order valence-corrected chi connectivity index (χ0v) is 13.4. The molecule has 0 aromatic heterocycles. The van der Waals surface area contributed by atoms with Gasteiger partial charge in [0.1, 0.15) is 5.75 Å². The number of amides is 2. The minimum absolute atomic E-state index is 0.0484. The highest BCUT2D eigenvalue weighted by atomic mass is 19.2. The number of morpholine rings is 1. The number of carbonyl (C=O) groups is 2. The molecule has 0 saturated carbocycles. The first-order valence-electron chi connectivity index (χ1n) is 7.72. The minimum Gasteiger partial charge on any atom is -0.481 e. The van der Waals surface area contributed by atoms with E-state index in [4.69, 9.17) is 9.47 Å². The average molecular weight is 342 g/mol. The first-order chi connectivity index (χ1) is 11.5. The largest absolute Gasteiger partial charge is 0.481 e. The lowest BCUT2D eigenvalue weighted by Gasteiger charge is -2.27. The Morgan fingerprint density at radius 1 is 1.29 bits per heavy atom. The molecule has 2 amide bonds. The van der Waals surface area contributed by atoms with Crippen molar-refractivity contribution in [1.29, 1.82) is 0 Å². The topological polar surface area (TPSA) is 67.9 Å². The molecule has 0 bridgehead atoms. The van der Waals surface area contributed by atoms with Crippen molar-refractivity contribution in [2.24, 2.45) is 0 Å². The highest BCUT2D eigenvalue weighted by Crippen LogP contribution is 2.16. The average Bonchev–Trinajstić information content (AvgIpc) is 2.58. The van der Waals surface area contributed by atoms with Crippen LogP contribution in [0.3, 0.4) is 0 Å². The van der Waals surface area contributed by atoms with E-state index in [2.05, 4.69) is 5.32 Å². The zero-order valence-electron chi connectivity index (χ0n) is 13.4. The van der Waals surface area contributed by atoms with Crippen LogP contribution in [0.25, 0.3) is 0 Å². The van der Waals surface area contributed by atoms with Crippen LogP contribution in [-0.4, -0.2) is 55.7 Å². The van der Waals surface area contributed by atoms with E-state index in [1.54, 1.807) is 4.90 Å². The van der Waals surface area contributed by atoms with Gasteiger partial charge in [-0.25, -0.2) is 8.78 Å². The number of hydrogen-bond acceptors (Lipinski definition) is 4. The molecule has 2 rings (SSSR count). The van der Waals surface area contributed by atoms with E-state index < -0.39 is 23.6 Å². The molecule has 1 N–H and O–H groups in total. The van der Waals surface area contributed by atoms with E-state index in [-0.39, 0.29) is 24.6 Å². The summed E-state index contributed by atoms with van der Waals surface area (Å²) in [4.78, 5) is 25.5. The van der Waals surface area contributed by atoms with Gasteiger partial charge in [-0.2, -0.15) is 0 Å². The molecule has 1 aromatic carbocycles. The summed E-state index contributed by atoms with van der Waals surface area (Å²) in [6.07, 6.45) is -0.711. The van der Waals surface area contributed by atoms with Gasteiger partial charge in [0.05, 0.1) is 13.2 Å². The van der Waals surface area contributed by atoms with Crippen molar-refractivity contribution in [3.63, 3.8) is 0 Å². The number of hydrogen-bond donors (Lipinski definition) is 1. The van der Waals surface area contributed by atoms with Crippen LogP contribution in [0.5, 0.6) is 5.75 Å². The number of nitrogens with one attached hydrogen (secondary N) is 1. The van der Waals surface area contributed by atoms with Gasteiger partial charge < -0.3 is 19.7 Å². The van der Waals surface area contributed by atoms with Gasteiger partial charge in [-0.3, -0.25) is 9.59 Å². The second-order valence-corrected chi connectivity index (χ2v) is 5.37. The van der Waals surface area contributed by atoms with E-state index in [0.717, 1.165) is 12.1 Å². The minimum atomic E-state index is -1.05. The molecular formula is C16H20F2N2O4. The van der Waals surface area contributed by atoms with Crippen LogP contribution in [0, 0.1) is 11.6 Å².